The minimum atomic E-state index is -1.71. The van der Waals surface area contributed by atoms with E-state index in [0.29, 0.717) is 19.4 Å². The predicted molar refractivity (Wildman–Crippen MR) is 195 cm³/mol. The van der Waals surface area contributed by atoms with Crippen LogP contribution in [0.4, 0.5) is 0 Å². The van der Waals surface area contributed by atoms with Gasteiger partial charge < -0.3 is 46.2 Å². The second-order valence-corrected chi connectivity index (χ2v) is 14.7. The van der Waals surface area contributed by atoms with E-state index in [-0.39, 0.29) is 78.5 Å². The number of carboxylic acids is 3. The minimum absolute atomic E-state index is 0.207. The molecular weight excluding hydrogens is 711 g/mol. The number of hydrogen-bond donors (Lipinski definition) is 8. The van der Waals surface area contributed by atoms with E-state index >= 15 is 0 Å². The molecule has 4 atom stereocenters. The number of rotatable bonds is 17. The molecule has 0 aromatic rings. The number of hydrogen-bond acceptors (Lipinski definition) is 13. The first-order chi connectivity index (χ1) is 25.3. The third-order valence-corrected chi connectivity index (χ3v) is 9.54. The standard InChI is InChI=1S/C33H59BN8O12/c1-21(2)29(32(51)37-30(22(3)4)31(50)35-23(5)33(52)42-8-6-7-24(42)34(53)54)36-25(43)17-38-9-11-39(18-26(44)45)13-15-41(20-28(48)49)16-14-40(12-10-38)19-27(46)47/h21-24,29-30,53-54H,6-20H2,1-5H3,(H,35,50)(H,36,43)(H,37,51)(H,44,45)(H,46,47)(H,48,49)/t23-,24+,29?,30+/m1/s1. The van der Waals surface area contributed by atoms with E-state index in [1.165, 1.54) is 11.8 Å². The fraction of sp³-hybridized carbons (Fsp3) is 0.788. The summed E-state index contributed by atoms with van der Waals surface area (Å²) in [6, 6.07) is -3.16. The van der Waals surface area contributed by atoms with Crippen LogP contribution < -0.4 is 16.0 Å². The van der Waals surface area contributed by atoms with Crippen molar-refractivity contribution in [3.63, 3.8) is 0 Å². The van der Waals surface area contributed by atoms with Gasteiger partial charge in [0.05, 0.1) is 32.1 Å². The number of nitrogens with zero attached hydrogens (tertiary/aromatic N) is 5. The highest BCUT2D eigenvalue weighted by molar-refractivity contribution is 6.43. The lowest BCUT2D eigenvalue weighted by molar-refractivity contribution is -0.140. The Morgan fingerprint density at radius 3 is 1.31 bits per heavy atom. The van der Waals surface area contributed by atoms with Crippen molar-refractivity contribution >= 4 is 48.7 Å². The monoisotopic (exact) mass is 770 g/mol. The molecule has 0 saturated carbocycles. The van der Waals surface area contributed by atoms with Crippen molar-refractivity contribution in [3.8, 4) is 0 Å². The molecule has 306 valence electrons. The minimum Gasteiger partial charge on any atom is -0.480 e. The van der Waals surface area contributed by atoms with Crippen molar-refractivity contribution in [3.05, 3.63) is 0 Å². The molecule has 0 spiro atoms. The van der Waals surface area contributed by atoms with Crippen LogP contribution in [-0.4, -0.2) is 208 Å². The van der Waals surface area contributed by atoms with Gasteiger partial charge in [0.1, 0.15) is 18.1 Å². The average Bonchev–Trinajstić information content (AvgIpc) is 3.56. The Hall–Kier alpha value is -3.89. The van der Waals surface area contributed by atoms with Gasteiger partial charge in [-0.3, -0.25) is 53.2 Å². The van der Waals surface area contributed by atoms with Crippen molar-refractivity contribution in [2.24, 2.45) is 11.8 Å². The number of likely N-dealkylation sites (tertiary alicyclic amines) is 1. The Labute approximate surface area is 316 Å². The zero-order chi connectivity index (χ0) is 40.7. The Balaban J connectivity index is 2.15. The summed E-state index contributed by atoms with van der Waals surface area (Å²) in [4.78, 5) is 96.1. The summed E-state index contributed by atoms with van der Waals surface area (Å²) < 4.78 is 0. The maximum Gasteiger partial charge on any atom is 0.475 e. The molecule has 2 saturated heterocycles. The lowest BCUT2D eigenvalue weighted by atomic mass is 9.78. The van der Waals surface area contributed by atoms with Crippen LogP contribution in [0.5, 0.6) is 0 Å². The summed E-state index contributed by atoms with van der Waals surface area (Å²) in [7, 11) is -1.71. The maximum absolute atomic E-state index is 13.6. The van der Waals surface area contributed by atoms with Crippen molar-refractivity contribution in [2.75, 3.05) is 85.1 Å². The molecule has 4 amide bonds. The van der Waals surface area contributed by atoms with Gasteiger partial charge in [0.25, 0.3) is 0 Å². The topological polar surface area (TPSA) is 273 Å². The quantitative estimate of drug-likeness (QED) is 0.0660. The number of aliphatic carboxylic acids is 3. The highest BCUT2D eigenvalue weighted by Crippen LogP contribution is 2.19. The van der Waals surface area contributed by atoms with Crippen LogP contribution in [0, 0.1) is 11.8 Å². The molecule has 0 aromatic carbocycles. The molecule has 0 aliphatic carbocycles. The molecule has 0 aromatic heterocycles. The fourth-order valence-electron chi connectivity index (χ4n) is 6.51. The fourth-order valence-corrected chi connectivity index (χ4v) is 6.51. The van der Waals surface area contributed by atoms with Gasteiger partial charge in [-0.15, -0.1) is 0 Å². The van der Waals surface area contributed by atoms with E-state index in [1.54, 1.807) is 47.3 Å². The van der Waals surface area contributed by atoms with Gasteiger partial charge in [-0.1, -0.05) is 27.7 Å². The molecule has 2 heterocycles. The highest BCUT2D eigenvalue weighted by Gasteiger charge is 2.39. The van der Waals surface area contributed by atoms with Crippen molar-refractivity contribution in [1.29, 1.82) is 0 Å². The summed E-state index contributed by atoms with van der Waals surface area (Å²) in [5.74, 6) is -7.11. The van der Waals surface area contributed by atoms with Crippen LogP contribution >= 0.6 is 0 Å². The van der Waals surface area contributed by atoms with Crippen molar-refractivity contribution in [2.45, 2.75) is 71.5 Å². The number of nitrogens with one attached hydrogen (secondary N) is 3. The second kappa shape index (κ2) is 22.5. The molecule has 8 N–H and O–H groups in total. The Morgan fingerprint density at radius 1 is 0.574 bits per heavy atom. The number of carbonyl (C=O) groups is 7. The summed E-state index contributed by atoms with van der Waals surface area (Å²) >= 11 is 0. The summed E-state index contributed by atoms with van der Waals surface area (Å²) in [6.45, 7) is 9.22. The zero-order valence-corrected chi connectivity index (χ0v) is 32.0. The Kier molecular flexibility index (Phi) is 19.3. The third kappa shape index (κ3) is 15.8. The first-order valence-corrected chi connectivity index (χ1v) is 18.4. The zero-order valence-electron chi connectivity index (χ0n) is 32.0. The van der Waals surface area contributed by atoms with Gasteiger partial charge in [0.2, 0.25) is 23.6 Å². The molecule has 2 aliphatic rings. The van der Waals surface area contributed by atoms with Crippen LogP contribution in [0.2, 0.25) is 0 Å². The predicted octanol–water partition coefficient (Wildman–Crippen LogP) is -3.75. The maximum atomic E-state index is 13.6. The van der Waals surface area contributed by atoms with Gasteiger partial charge in [-0.2, -0.15) is 0 Å². The largest absolute Gasteiger partial charge is 0.480 e. The average molecular weight is 771 g/mol. The van der Waals surface area contributed by atoms with E-state index in [4.69, 9.17) is 0 Å². The number of amides is 4. The van der Waals surface area contributed by atoms with E-state index in [9.17, 15) is 58.9 Å². The normalized spacial score (nSPS) is 20.3. The van der Waals surface area contributed by atoms with E-state index < -0.39 is 84.6 Å². The molecule has 0 bridgehead atoms. The van der Waals surface area contributed by atoms with Crippen LogP contribution in [0.15, 0.2) is 0 Å². The number of carboxylic acid groups (broad SMARTS) is 3. The van der Waals surface area contributed by atoms with Gasteiger partial charge in [-0.25, -0.2) is 0 Å². The molecule has 21 heteroatoms. The van der Waals surface area contributed by atoms with Crippen LogP contribution in [-0.2, 0) is 33.6 Å². The molecular formula is C33H59BN8O12. The highest BCUT2D eigenvalue weighted by atomic mass is 16.4. The lowest BCUT2D eigenvalue weighted by Gasteiger charge is -2.33. The van der Waals surface area contributed by atoms with Gasteiger partial charge in [-0.05, 0) is 31.6 Å². The molecule has 2 rings (SSSR count). The van der Waals surface area contributed by atoms with Crippen molar-refractivity contribution in [1.82, 2.24) is 40.4 Å². The van der Waals surface area contributed by atoms with Gasteiger partial charge >= 0.3 is 25.0 Å². The van der Waals surface area contributed by atoms with Crippen LogP contribution in [0.3, 0.4) is 0 Å². The van der Waals surface area contributed by atoms with E-state index in [2.05, 4.69) is 16.0 Å². The molecule has 0 radical (unpaired) electrons. The van der Waals surface area contributed by atoms with Crippen molar-refractivity contribution < 1.29 is 58.9 Å². The Morgan fingerprint density at radius 2 is 0.944 bits per heavy atom. The molecule has 2 aliphatic heterocycles. The van der Waals surface area contributed by atoms with Gasteiger partial charge in [0.15, 0.2) is 0 Å². The summed E-state index contributed by atoms with van der Waals surface area (Å²) in [5, 5.41) is 55.7. The van der Waals surface area contributed by atoms with E-state index in [1.807, 2.05) is 0 Å². The SMILES string of the molecule is CC(C)C(NC(=O)CN1CCN(CC(=O)O)CCN(CC(=O)O)CCN(CC(=O)O)CC1)C(=O)N[C@H](C(=O)N[C@H](C)C(=O)N1CCC[C@H]1B(O)O)C(C)C. The van der Waals surface area contributed by atoms with Gasteiger partial charge in [0, 0.05) is 58.9 Å². The van der Waals surface area contributed by atoms with Crippen LogP contribution in [0.1, 0.15) is 47.5 Å². The first-order valence-electron chi connectivity index (χ1n) is 18.4. The molecule has 2 fully saturated rings. The van der Waals surface area contributed by atoms with Crippen LogP contribution in [0.25, 0.3) is 0 Å². The summed E-state index contributed by atoms with van der Waals surface area (Å²) in [6.07, 6.45) is 0.997. The van der Waals surface area contributed by atoms with E-state index in [0.717, 1.165) is 0 Å². The summed E-state index contributed by atoms with van der Waals surface area (Å²) in [5.41, 5.74) is 0. The number of carbonyl (C=O) groups excluding carboxylic acids is 4. The lowest BCUT2D eigenvalue weighted by Crippen LogP contribution is -2.60. The Bertz CT molecular complexity index is 1280. The third-order valence-electron chi connectivity index (χ3n) is 9.54. The molecule has 20 nitrogen and oxygen atoms in total. The second-order valence-electron chi connectivity index (χ2n) is 14.7. The molecule has 1 unspecified atom stereocenters. The first kappa shape index (κ1) is 46.3. The molecule has 54 heavy (non-hydrogen) atoms. The smallest absolute Gasteiger partial charge is 0.475 e.